The Morgan fingerprint density at radius 2 is 1.83 bits per heavy atom. The average Bonchev–Trinajstić information content (AvgIpc) is 2.63. The van der Waals surface area contributed by atoms with Crippen molar-refractivity contribution in [2.24, 2.45) is 0 Å². The molecule has 2 amide bonds. The van der Waals surface area contributed by atoms with Crippen molar-refractivity contribution in [3.8, 4) is 11.6 Å². The number of piperazine rings is 1. The van der Waals surface area contributed by atoms with Crippen molar-refractivity contribution in [1.82, 2.24) is 9.88 Å². The van der Waals surface area contributed by atoms with Crippen LogP contribution in [0, 0.1) is 0 Å². The smallest absolute Gasteiger partial charge is 0.322 e. The lowest BCUT2D eigenvalue weighted by molar-refractivity contribution is 0.208. The van der Waals surface area contributed by atoms with Crippen LogP contribution in [-0.2, 0) is 0 Å². The second kappa shape index (κ2) is 7.08. The van der Waals surface area contributed by atoms with Crippen LogP contribution in [0.15, 0.2) is 42.6 Å². The molecule has 0 aliphatic carbocycles. The van der Waals surface area contributed by atoms with Crippen LogP contribution >= 0.6 is 0 Å². The van der Waals surface area contributed by atoms with Gasteiger partial charge in [-0.3, -0.25) is 0 Å². The lowest BCUT2D eigenvalue weighted by atomic mass is 10.2. The second-order valence-corrected chi connectivity index (χ2v) is 5.51. The molecule has 1 aromatic heterocycles. The number of amides is 2. The molecule has 0 saturated carbocycles. The van der Waals surface area contributed by atoms with Crippen LogP contribution in [0.4, 0.5) is 16.2 Å². The molecule has 24 heavy (non-hydrogen) atoms. The number of methoxy groups -OCH3 is 1. The molecular weight excluding hydrogens is 308 g/mol. The number of urea groups is 1. The van der Waals surface area contributed by atoms with Gasteiger partial charge in [0, 0.05) is 37.9 Å². The van der Waals surface area contributed by atoms with Gasteiger partial charge < -0.3 is 25.0 Å². The quantitative estimate of drug-likeness (QED) is 0.903. The normalized spacial score (nSPS) is 14.4. The zero-order valence-corrected chi connectivity index (χ0v) is 13.5. The molecule has 0 bridgehead atoms. The zero-order chi connectivity index (χ0) is 16.9. The summed E-state index contributed by atoms with van der Waals surface area (Å²) in [6, 6.07) is 10.4. The van der Waals surface area contributed by atoms with E-state index in [0.717, 1.165) is 18.8 Å². The van der Waals surface area contributed by atoms with Gasteiger partial charge in [-0.1, -0.05) is 0 Å². The topological polar surface area (TPSA) is 77.9 Å². The van der Waals surface area contributed by atoms with Gasteiger partial charge in [0.05, 0.1) is 19.0 Å². The van der Waals surface area contributed by atoms with Gasteiger partial charge in [0.2, 0.25) is 5.88 Å². The summed E-state index contributed by atoms with van der Waals surface area (Å²) in [5, 5.41) is 12.2. The minimum Gasteiger partial charge on any atom is -0.508 e. The molecule has 7 heteroatoms. The van der Waals surface area contributed by atoms with Gasteiger partial charge in [0.25, 0.3) is 0 Å². The number of ether oxygens (including phenoxy) is 1. The first-order valence-electron chi connectivity index (χ1n) is 7.75. The molecular formula is C17H20N4O3. The zero-order valence-electron chi connectivity index (χ0n) is 13.5. The van der Waals surface area contributed by atoms with Crippen molar-refractivity contribution in [2.75, 3.05) is 43.5 Å². The Morgan fingerprint density at radius 3 is 2.42 bits per heavy atom. The molecule has 2 N–H and O–H groups in total. The molecule has 0 radical (unpaired) electrons. The Labute approximate surface area is 140 Å². The number of hydrogen-bond donors (Lipinski definition) is 2. The average molecular weight is 328 g/mol. The minimum atomic E-state index is -0.132. The van der Waals surface area contributed by atoms with Crippen molar-refractivity contribution in [3.05, 3.63) is 42.6 Å². The molecule has 1 fully saturated rings. The molecule has 1 aliphatic rings. The number of rotatable bonds is 3. The summed E-state index contributed by atoms with van der Waals surface area (Å²) >= 11 is 0. The maximum atomic E-state index is 12.3. The van der Waals surface area contributed by atoms with Crippen molar-refractivity contribution in [3.63, 3.8) is 0 Å². The van der Waals surface area contributed by atoms with E-state index in [0.29, 0.717) is 24.7 Å². The molecule has 0 atom stereocenters. The highest BCUT2D eigenvalue weighted by atomic mass is 16.5. The molecule has 1 aliphatic heterocycles. The molecule has 0 spiro atoms. The van der Waals surface area contributed by atoms with Gasteiger partial charge in [0.15, 0.2) is 0 Å². The van der Waals surface area contributed by atoms with E-state index in [1.54, 1.807) is 42.5 Å². The number of pyridine rings is 1. The number of phenols is 1. The molecule has 2 aromatic rings. The Hall–Kier alpha value is -2.96. The highest BCUT2D eigenvalue weighted by molar-refractivity contribution is 5.89. The Kier molecular flexibility index (Phi) is 4.69. The van der Waals surface area contributed by atoms with E-state index >= 15 is 0 Å². The number of nitrogens with one attached hydrogen (secondary N) is 1. The van der Waals surface area contributed by atoms with E-state index in [1.165, 1.54) is 0 Å². The summed E-state index contributed by atoms with van der Waals surface area (Å²) in [6.07, 6.45) is 1.57. The third-order valence-corrected chi connectivity index (χ3v) is 3.98. The van der Waals surface area contributed by atoms with Crippen LogP contribution in [0.1, 0.15) is 0 Å². The number of carbonyl (C=O) groups excluding carboxylic acids is 1. The van der Waals surface area contributed by atoms with Crippen molar-refractivity contribution < 1.29 is 14.6 Å². The van der Waals surface area contributed by atoms with Crippen LogP contribution in [-0.4, -0.2) is 54.3 Å². The fraction of sp³-hybridized carbons (Fsp3) is 0.294. The first-order valence-corrected chi connectivity index (χ1v) is 7.75. The van der Waals surface area contributed by atoms with E-state index in [4.69, 9.17) is 4.74 Å². The first-order chi connectivity index (χ1) is 11.7. The third-order valence-electron chi connectivity index (χ3n) is 3.98. The summed E-state index contributed by atoms with van der Waals surface area (Å²) in [6.45, 7) is 2.77. The number of anilines is 2. The highest BCUT2D eigenvalue weighted by Crippen LogP contribution is 2.20. The molecule has 0 unspecified atom stereocenters. The SMILES string of the molecule is COc1ccc(NC(=O)N2CCN(c3ccc(O)cc3)CC2)cn1. The minimum absolute atomic E-state index is 0.132. The van der Waals surface area contributed by atoms with Gasteiger partial charge in [-0.15, -0.1) is 0 Å². The van der Waals surface area contributed by atoms with Gasteiger partial charge in [-0.05, 0) is 30.3 Å². The largest absolute Gasteiger partial charge is 0.508 e. The van der Waals surface area contributed by atoms with E-state index in [9.17, 15) is 9.90 Å². The monoisotopic (exact) mass is 328 g/mol. The van der Waals surface area contributed by atoms with E-state index in [-0.39, 0.29) is 11.8 Å². The van der Waals surface area contributed by atoms with Crippen LogP contribution < -0.4 is 15.0 Å². The summed E-state index contributed by atoms with van der Waals surface area (Å²) < 4.78 is 5.00. The van der Waals surface area contributed by atoms with Gasteiger partial charge in [-0.25, -0.2) is 9.78 Å². The number of carbonyl (C=O) groups is 1. The predicted octanol–water partition coefficient (Wildman–Crippen LogP) is 2.15. The van der Waals surface area contributed by atoms with Gasteiger partial charge >= 0.3 is 6.03 Å². The van der Waals surface area contributed by atoms with Crippen LogP contribution in [0.5, 0.6) is 11.6 Å². The van der Waals surface area contributed by atoms with Crippen molar-refractivity contribution in [2.45, 2.75) is 0 Å². The third kappa shape index (κ3) is 3.68. The number of benzene rings is 1. The van der Waals surface area contributed by atoms with Gasteiger partial charge in [0.1, 0.15) is 5.75 Å². The number of aromatic hydroxyl groups is 1. The molecule has 1 saturated heterocycles. The second-order valence-electron chi connectivity index (χ2n) is 5.51. The Balaban J connectivity index is 1.53. The molecule has 126 valence electrons. The number of aromatic nitrogens is 1. The van der Waals surface area contributed by atoms with E-state index in [1.807, 2.05) is 12.1 Å². The van der Waals surface area contributed by atoms with Crippen LogP contribution in [0.25, 0.3) is 0 Å². The standard InChI is InChI=1S/C17H20N4O3/c1-24-16-7-2-13(12-18-16)19-17(23)21-10-8-20(9-11-21)14-3-5-15(22)6-4-14/h2-7,12,22H,8-11H2,1H3,(H,19,23). The molecule has 2 heterocycles. The number of nitrogens with zero attached hydrogens (tertiary/aromatic N) is 3. The molecule has 1 aromatic carbocycles. The summed E-state index contributed by atoms with van der Waals surface area (Å²) in [5.41, 5.74) is 1.69. The molecule has 3 rings (SSSR count). The van der Waals surface area contributed by atoms with Crippen molar-refractivity contribution >= 4 is 17.4 Å². The van der Waals surface area contributed by atoms with Gasteiger partial charge in [-0.2, -0.15) is 0 Å². The summed E-state index contributed by atoms with van der Waals surface area (Å²) in [5.74, 6) is 0.764. The van der Waals surface area contributed by atoms with E-state index in [2.05, 4.69) is 15.2 Å². The van der Waals surface area contributed by atoms with Crippen LogP contribution in [0.2, 0.25) is 0 Å². The lowest BCUT2D eigenvalue weighted by Crippen LogP contribution is -2.50. The highest BCUT2D eigenvalue weighted by Gasteiger charge is 2.21. The fourth-order valence-electron chi connectivity index (χ4n) is 2.61. The van der Waals surface area contributed by atoms with E-state index < -0.39 is 0 Å². The summed E-state index contributed by atoms with van der Waals surface area (Å²) in [4.78, 5) is 20.4. The van der Waals surface area contributed by atoms with Crippen LogP contribution in [0.3, 0.4) is 0 Å². The molecule has 7 nitrogen and oxygen atoms in total. The van der Waals surface area contributed by atoms with Crippen molar-refractivity contribution in [1.29, 1.82) is 0 Å². The summed E-state index contributed by atoms with van der Waals surface area (Å²) in [7, 11) is 1.55. The Morgan fingerprint density at radius 1 is 1.12 bits per heavy atom. The maximum Gasteiger partial charge on any atom is 0.322 e. The number of hydrogen-bond acceptors (Lipinski definition) is 5. The predicted molar refractivity (Wildman–Crippen MR) is 91.7 cm³/mol. The fourth-order valence-corrected chi connectivity index (χ4v) is 2.61. The Bertz CT molecular complexity index is 680. The maximum absolute atomic E-state index is 12.3. The lowest BCUT2D eigenvalue weighted by Gasteiger charge is -2.36. The first kappa shape index (κ1) is 15.9. The number of phenolic OH excluding ortho intramolecular Hbond substituents is 1.